The first kappa shape index (κ1) is 19.4. The molecule has 1 amide bonds. The summed E-state index contributed by atoms with van der Waals surface area (Å²) < 4.78 is 3.74. The van der Waals surface area contributed by atoms with E-state index in [1.807, 2.05) is 36.4 Å². The highest BCUT2D eigenvalue weighted by atomic mass is 16.2. The molecule has 2 aromatic carbocycles. The molecule has 0 unspecified atom stereocenters. The average molecular weight is 403 g/mol. The first-order chi connectivity index (χ1) is 14.4. The molecule has 4 rings (SSSR count). The smallest absolute Gasteiger partial charge is 0.325 e. The molecule has 0 spiro atoms. The number of carbonyl (C=O) groups is 1. The Labute approximate surface area is 172 Å². The second-order valence-corrected chi connectivity index (χ2v) is 7.19. The van der Waals surface area contributed by atoms with Crippen LogP contribution in [0.3, 0.4) is 0 Å². The standard InChI is InChI=1S/C22H21N5O3/c1-14-6-4-5-7-17(14)15-8-10-16(11-9-15)24-18(28)12-27-13-23-20-19(27)21(29)26(3)22(30)25(20)2/h4-11,13H,12H2,1-3H3,(H,24,28). The SMILES string of the molecule is Cc1ccccc1-c1ccc(NC(=O)Cn2cnc3c2c(=O)n(C)c(=O)n3C)cc1. The van der Waals surface area contributed by atoms with Gasteiger partial charge in [-0.2, -0.15) is 0 Å². The van der Waals surface area contributed by atoms with Crippen LogP contribution in [0, 0.1) is 6.92 Å². The molecule has 0 aliphatic carbocycles. The van der Waals surface area contributed by atoms with Gasteiger partial charge in [-0.05, 0) is 35.7 Å². The molecule has 8 heteroatoms. The van der Waals surface area contributed by atoms with E-state index in [2.05, 4.69) is 29.4 Å². The molecule has 30 heavy (non-hydrogen) atoms. The van der Waals surface area contributed by atoms with Gasteiger partial charge in [-0.15, -0.1) is 0 Å². The predicted molar refractivity (Wildman–Crippen MR) is 115 cm³/mol. The van der Waals surface area contributed by atoms with Crippen LogP contribution in [0.4, 0.5) is 5.69 Å². The van der Waals surface area contributed by atoms with E-state index in [0.29, 0.717) is 5.69 Å². The van der Waals surface area contributed by atoms with Gasteiger partial charge in [-0.25, -0.2) is 9.78 Å². The second kappa shape index (κ2) is 7.47. The Bertz CT molecular complexity index is 1380. The lowest BCUT2D eigenvalue weighted by atomic mass is 10.0. The van der Waals surface area contributed by atoms with E-state index in [4.69, 9.17) is 0 Å². The summed E-state index contributed by atoms with van der Waals surface area (Å²) in [5.41, 5.74) is 3.55. The lowest BCUT2D eigenvalue weighted by Crippen LogP contribution is -2.37. The average Bonchev–Trinajstić information content (AvgIpc) is 3.15. The maximum atomic E-state index is 12.5. The summed E-state index contributed by atoms with van der Waals surface area (Å²) in [6.45, 7) is 1.96. The number of imidazole rings is 1. The van der Waals surface area contributed by atoms with E-state index in [-0.39, 0.29) is 23.6 Å². The molecule has 1 N–H and O–H groups in total. The molecule has 4 aromatic rings. The van der Waals surface area contributed by atoms with Gasteiger partial charge in [0.25, 0.3) is 5.56 Å². The molecular weight excluding hydrogens is 382 g/mol. The molecular formula is C22H21N5O3. The molecule has 0 fully saturated rings. The van der Waals surface area contributed by atoms with Crippen molar-refractivity contribution in [1.29, 1.82) is 0 Å². The van der Waals surface area contributed by atoms with E-state index in [0.717, 1.165) is 15.7 Å². The molecule has 0 bridgehead atoms. The predicted octanol–water partition coefficient (Wildman–Crippen LogP) is 2.05. The highest BCUT2D eigenvalue weighted by molar-refractivity contribution is 5.91. The molecule has 2 aromatic heterocycles. The monoisotopic (exact) mass is 403 g/mol. The van der Waals surface area contributed by atoms with Crippen LogP contribution in [0.1, 0.15) is 5.56 Å². The number of aromatic nitrogens is 4. The quantitative estimate of drug-likeness (QED) is 0.565. The number of anilines is 1. The minimum atomic E-state index is -0.485. The number of hydrogen-bond acceptors (Lipinski definition) is 4. The molecule has 0 saturated heterocycles. The summed E-state index contributed by atoms with van der Waals surface area (Å²) in [6, 6.07) is 15.7. The summed E-state index contributed by atoms with van der Waals surface area (Å²) in [5, 5.41) is 2.83. The Kier molecular flexibility index (Phi) is 4.83. The minimum absolute atomic E-state index is 0.0938. The first-order valence-electron chi connectivity index (χ1n) is 9.43. The number of rotatable bonds is 4. The number of nitrogens with one attached hydrogen (secondary N) is 1. The van der Waals surface area contributed by atoms with E-state index in [1.165, 1.54) is 35.1 Å². The number of benzene rings is 2. The van der Waals surface area contributed by atoms with E-state index < -0.39 is 11.2 Å². The van der Waals surface area contributed by atoms with Gasteiger partial charge in [-0.3, -0.25) is 18.7 Å². The van der Waals surface area contributed by atoms with Crippen molar-refractivity contribution in [2.75, 3.05) is 5.32 Å². The van der Waals surface area contributed by atoms with Gasteiger partial charge in [0, 0.05) is 19.8 Å². The van der Waals surface area contributed by atoms with Crippen molar-refractivity contribution in [2.24, 2.45) is 14.1 Å². The van der Waals surface area contributed by atoms with Crippen molar-refractivity contribution < 1.29 is 4.79 Å². The van der Waals surface area contributed by atoms with Crippen molar-refractivity contribution in [3.8, 4) is 11.1 Å². The van der Waals surface area contributed by atoms with Crippen LogP contribution in [0.25, 0.3) is 22.3 Å². The molecule has 0 aliphatic heterocycles. The Morgan fingerprint density at radius 2 is 1.70 bits per heavy atom. The van der Waals surface area contributed by atoms with Crippen LogP contribution in [0.2, 0.25) is 0 Å². The third-order valence-corrected chi connectivity index (χ3v) is 5.16. The number of aryl methyl sites for hydroxylation is 2. The number of fused-ring (bicyclic) bond motifs is 1. The fraction of sp³-hybridized carbons (Fsp3) is 0.182. The lowest BCUT2D eigenvalue weighted by molar-refractivity contribution is -0.116. The molecule has 2 heterocycles. The van der Waals surface area contributed by atoms with Gasteiger partial charge in [0.05, 0.1) is 6.33 Å². The highest BCUT2D eigenvalue weighted by Crippen LogP contribution is 2.24. The summed E-state index contributed by atoms with van der Waals surface area (Å²) in [5.74, 6) is -0.297. The Morgan fingerprint density at radius 3 is 2.40 bits per heavy atom. The van der Waals surface area contributed by atoms with Gasteiger partial charge in [0.15, 0.2) is 11.2 Å². The van der Waals surface area contributed by atoms with Gasteiger partial charge >= 0.3 is 5.69 Å². The summed E-state index contributed by atoms with van der Waals surface area (Å²) in [4.78, 5) is 41.2. The zero-order valence-corrected chi connectivity index (χ0v) is 16.9. The third kappa shape index (κ3) is 3.32. The number of hydrogen-bond donors (Lipinski definition) is 1. The summed E-state index contributed by atoms with van der Waals surface area (Å²) in [6.07, 6.45) is 1.40. The van der Waals surface area contributed by atoms with Gasteiger partial charge in [-0.1, -0.05) is 36.4 Å². The second-order valence-electron chi connectivity index (χ2n) is 7.19. The maximum Gasteiger partial charge on any atom is 0.332 e. The van der Waals surface area contributed by atoms with Gasteiger partial charge in [0.2, 0.25) is 5.91 Å². The molecule has 8 nitrogen and oxygen atoms in total. The van der Waals surface area contributed by atoms with Crippen molar-refractivity contribution in [3.05, 3.63) is 81.3 Å². The fourth-order valence-electron chi connectivity index (χ4n) is 3.50. The Morgan fingerprint density at radius 1 is 1.00 bits per heavy atom. The Hall–Kier alpha value is -3.94. The normalized spacial score (nSPS) is 11.0. The fourth-order valence-corrected chi connectivity index (χ4v) is 3.50. The Balaban J connectivity index is 1.55. The molecule has 0 radical (unpaired) electrons. The number of amides is 1. The minimum Gasteiger partial charge on any atom is -0.325 e. The molecule has 0 saturated carbocycles. The molecule has 152 valence electrons. The maximum absolute atomic E-state index is 12.5. The van der Waals surface area contributed by atoms with Crippen molar-refractivity contribution in [2.45, 2.75) is 13.5 Å². The van der Waals surface area contributed by atoms with Crippen molar-refractivity contribution >= 4 is 22.8 Å². The topological polar surface area (TPSA) is 90.9 Å². The first-order valence-corrected chi connectivity index (χ1v) is 9.43. The van der Waals surface area contributed by atoms with Crippen LogP contribution < -0.4 is 16.6 Å². The van der Waals surface area contributed by atoms with Crippen LogP contribution >= 0.6 is 0 Å². The van der Waals surface area contributed by atoms with Crippen LogP contribution in [-0.4, -0.2) is 24.6 Å². The number of nitrogens with zero attached hydrogens (tertiary/aromatic N) is 4. The third-order valence-electron chi connectivity index (χ3n) is 5.16. The van der Waals surface area contributed by atoms with Gasteiger partial charge < -0.3 is 9.88 Å². The van der Waals surface area contributed by atoms with E-state index >= 15 is 0 Å². The van der Waals surface area contributed by atoms with Crippen molar-refractivity contribution in [1.82, 2.24) is 18.7 Å². The largest absolute Gasteiger partial charge is 0.332 e. The van der Waals surface area contributed by atoms with Crippen LogP contribution in [0.15, 0.2) is 64.4 Å². The van der Waals surface area contributed by atoms with Crippen molar-refractivity contribution in [3.63, 3.8) is 0 Å². The molecule has 0 atom stereocenters. The highest BCUT2D eigenvalue weighted by Gasteiger charge is 2.16. The lowest BCUT2D eigenvalue weighted by Gasteiger charge is -2.09. The summed E-state index contributed by atoms with van der Waals surface area (Å²) >= 11 is 0. The van der Waals surface area contributed by atoms with E-state index in [1.54, 1.807) is 0 Å². The zero-order chi connectivity index (χ0) is 21.4. The van der Waals surface area contributed by atoms with Crippen LogP contribution in [0.5, 0.6) is 0 Å². The summed E-state index contributed by atoms with van der Waals surface area (Å²) in [7, 11) is 2.94. The molecule has 0 aliphatic rings. The van der Waals surface area contributed by atoms with Gasteiger partial charge in [0.1, 0.15) is 6.54 Å². The van der Waals surface area contributed by atoms with Crippen LogP contribution in [-0.2, 0) is 25.4 Å². The number of carbonyl (C=O) groups excluding carboxylic acids is 1. The zero-order valence-electron chi connectivity index (χ0n) is 16.9. The van der Waals surface area contributed by atoms with E-state index in [9.17, 15) is 14.4 Å².